The average Bonchev–Trinajstić information content (AvgIpc) is 2.82. The molecule has 112 valence electrons. The molecule has 0 saturated carbocycles. The largest absolute Gasteiger partial charge is 0.319 e. The van der Waals surface area contributed by atoms with Crippen LogP contribution in [0, 0.1) is 0 Å². The lowest BCUT2D eigenvalue weighted by molar-refractivity contribution is 0.0997. The molecule has 0 spiro atoms. The van der Waals surface area contributed by atoms with Crippen LogP contribution in [-0.4, -0.2) is 16.7 Å². The molecule has 22 heavy (non-hydrogen) atoms. The molecule has 0 N–H and O–H groups in total. The van der Waals surface area contributed by atoms with Crippen molar-refractivity contribution in [3.8, 4) is 0 Å². The molecule has 6 heteroatoms. The van der Waals surface area contributed by atoms with Gasteiger partial charge in [0.15, 0.2) is 4.80 Å². The molecular weight excluding hydrogens is 336 g/mol. The molecule has 0 aliphatic carbocycles. The monoisotopic (exact) mass is 348 g/mol. The van der Waals surface area contributed by atoms with Crippen molar-refractivity contribution in [2.75, 3.05) is 6.26 Å². The molecule has 0 saturated heterocycles. The van der Waals surface area contributed by atoms with Crippen molar-refractivity contribution in [1.29, 1.82) is 0 Å². The van der Waals surface area contributed by atoms with Crippen LogP contribution in [0.15, 0.2) is 52.4 Å². The first-order valence-corrected chi connectivity index (χ1v) is 8.98. The lowest BCUT2D eigenvalue weighted by Crippen LogP contribution is -2.13. The molecule has 1 amide bonds. The van der Waals surface area contributed by atoms with Crippen molar-refractivity contribution < 1.29 is 4.79 Å². The summed E-state index contributed by atoms with van der Waals surface area (Å²) in [5.74, 6) is -0.232. The second-order valence-electron chi connectivity index (χ2n) is 4.70. The molecule has 0 fully saturated rings. The van der Waals surface area contributed by atoms with Crippen LogP contribution in [0.3, 0.4) is 0 Å². The fraction of sp³-hybridized carbons (Fsp3) is 0.125. The van der Waals surface area contributed by atoms with E-state index in [2.05, 4.69) is 4.99 Å². The summed E-state index contributed by atoms with van der Waals surface area (Å²) >= 11 is 9.07. The lowest BCUT2D eigenvalue weighted by Gasteiger charge is -1.99. The van der Waals surface area contributed by atoms with Crippen molar-refractivity contribution in [3.63, 3.8) is 0 Å². The van der Waals surface area contributed by atoms with Gasteiger partial charge >= 0.3 is 0 Å². The second-order valence-corrected chi connectivity index (χ2v) is 7.03. The molecule has 3 nitrogen and oxygen atoms in total. The number of aryl methyl sites for hydroxylation is 1. The topological polar surface area (TPSA) is 34.4 Å². The summed E-state index contributed by atoms with van der Waals surface area (Å²) < 4.78 is 2.92. The van der Waals surface area contributed by atoms with Gasteiger partial charge in [0.2, 0.25) is 0 Å². The molecule has 0 aliphatic heterocycles. The first kappa shape index (κ1) is 15.3. The number of thioether (sulfide) groups is 1. The Morgan fingerprint density at radius 1 is 1.27 bits per heavy atom. The Balaban J connectivity index is 2.07. The van der Waals surface area contributed by atoms with E-state index in [0.717, 1.165) is 15.1 Å². The molecule has 3 aromatic rings. The third kappa shape index (κ3) is 2.97. The lowest BCUT2D eigenvalue weighted by atomic mass is 10.2. The van der Waals surface area contributed by atoms with Gasteiger partial charge in [0, 0.05) is 22.5 Å². The first-order valence-electron chi connectivity index (χ1n) is 6.56. The van der Waals surface area contributed by atoms with Crippen LogP contribution in [0.5, 0.6) is 0 Å². The van der Waals surface area contributed by atoms with Crippen molar-refractivity contribution >= 4 is 50.8 Å². The number of carbonyl (C=O) groups is 1. The summed E-state index contributed by atoms with van der Waals surface area (Å²) in [7, 11) is 1.90. The zero-order valence-corrected chi connectivity index (χ0v) is 14.4. The third-order valence-electron chi connectivity index (χ3n) is 3.29. The summed E-state index contributed by atoms with van der Waals surface area (Å²) in [6.07, 6.45) is 1.98. The van der Waals surface area contributed by atoms with Crippen LogP contribution >= 0.6 is 34.7 Å². The number of amides is 1. The Hall–Kier alpha value is -1.56. The second kappa shape index (κ2) is 6.28. The van der Waals surface area contributed by atoms with Gasteiger partial charge in [-0.15, -0.1) is 11.8 Å². The zero-order valence-electron chi connectivity index (χ0n) is 12.0. The van der Waals surface area contributed by atoms with Gasteiger partial charge in [0.1, 0.15) is 0 Å². The number of rotatable bonds is 2. The molecule has 0 unspecified atom stereocenters. The van der Waals surface area contributed by atoms with Gasteiger partial charge in [0.05, 0.1) is 10.2 Å². The van der Waals surface area contributed by atoms with E-state index in [4.69, 9.17) is 11.6 Å². The predicted octanol–water partition coefficient (Wildman–Crippen LogP) is 4.36. The molecule has 3 rings (SSSR count). The van der Waals surface area contributed by atoms with E-state index in [9.17, 15) is 4.79 Å². The molecule has 0 atom stereocenters. The molecule has 0 aliphatic rings. The maximum Gasteiger partial charge on any atom is 0.279 e. The average molecular weight is 349 g/mol. The smallest absolute Gasteiger partial charge is 0.279 e. The normalized spacial score (nSPS) is 12.0. The third-order valence-corrected chi connectivity index (χ3v) is 5.34. The van der Waals surface area contributed by atoms with Gasteiger partial charge in [-0.3, -0.25) is 4.79 Å². The van der Waals surface area contributed by atoms with E-state index < -0.39 is 0 Å². The molecule has 0 radical (unpaired) electrons. The van der Waals surface area contributed by atoms with Gasteiger partial charge in [0.25, 0.3) is 5.91 Å². The number of carbonyl (C=O) groups excluding carboxylic acids is 1. The summed E-state index contributed by atoms with van der Waals surface area (Å²) in [6.45, 7) is 0. The quantitative estimate of drug-likeness (QED) is 0.645. The minimum absolute atomic E-state index is 0.232. The molecule has 0 bridgehead atoms. The van der Waals surface area contributed by atoms with Crippen LogP contribution in [0.1, 0.15) is 10.4 Å². The Morgan fingerprint density at radius 2 is 2.09 bits per heavy atom. The number of halogens is 1. The van der Waals surface area contributed by atoms with E-state index in [-0.39, 0.29) is 5.91 Å². The highest BCUT2D eigenvalue weighted by Gasteiger charge is 2.08. The Labute approximate surface area is 141 Å². The van der Waals surface area contributed by atoms with Crippen molar-refractivity contribution in [3.05, 3.63) is 57.9 Å². The maximum absolute atomic E-state index is 12.4. The standard InChI is InChI=1S/C16H13ClN2OS2/c1-19-13-7-6-11(17)9-14(13)22-16(19)18-15(20)10-4-3-5-12(8-10)21-2/h3-9H,1-2H3. The molecule has 1 aromatic heterocycles. The highest BCUT2D eigenvalue weighted by Crippen LogP contribution is 2.21. The van der Waals surface area contributed by atoms with Crippen molar-refractivity contribution in [1.82, 2.24) is 4.57 Å². The molecule has 2 aromatic carbocycles. The SMILES string of the molecule is CSc1cccc(C(=O)N=c2sc3cc(Cl)ccc3n2C)c1. The Morgan fingerprint density at radius 3 is 2.86 bits per heavy atom. The van der Waals surface area contributed by atoms with Gasteiger partial charge in [-0.05, 0) is 42.7 Å². The fourth-order valence-corrected chi connectivity index (χ4v) is 3.87. The van der Waals surface area contributed by atoms with Crippen LogP contribution in [0.4, 0.5) is 0 Å². The summed E-state index contributed by atoms with van der Waals surface area (Å²) in [4.78, 5) is 18.3. The van der Waals surface area contributed by atoms with E-state index in [1.807, 2.05) is 54.3 Å². The minimum Gasteiger partial charge on any atom is -0.319 e. The number of hydrogen-bond acceptors (Lipinski definition) is 3. The van der Waals surface area contributed by atoms with Gasteiger partial charge in [-0.2, -0.15) is 4.99 Å². The van der Waals surface area contributed by atoms with Crippen molar-refractivity contribution in [2.45, 2.75) is 4.90 Å². The number of fused-ring (bicyclic) bond motifs is 1. The maximum atomic E-state index is 12.4. The zero-order chi connectivity index (χ0) is 15.7. The highest BCUT2D eigenvalue weighted by molar-refractivity contribution is 7.98. The van der Waals surface area contributed by atoms with Crippen LogP contribution in [0.2, 0.25) is 5.02 Å². The Bertz CT molecular complexity index is 927. The van der Waals surface area contributed by atoms with E-state index in [0.29, 0.717) is 15.4 Å². The van der Waals surface area contributed by atoms with Gasteiger partial charge < -0.3 is 4.57 Å². The van der Waals surface area contributed by atoms with Gasteiger partial charge in [-0.25, -0.2) is 0 Å². The van der Waals surface area contributed by atoms with Gasteiger partial charge in [-0.1, -0.05) is 29.0 Å². The Kier molecular flexibility index (Phi) is 4.38. The van der Waals surface area contributed by atoms with E-state index in [1.165, 1.54) is 11.3 Å². The predicted molar refractivity (Wildman–Crippen MR) is 93.9 cm³/mol. The molecule has 1 heterocycles. The number of nitrogens with zero attached hydrogens (tertiary/aromatic N) is 2. The summed E-state index contributed by atoms with van der Waals surface area (Å²) in [6, 6.07) is 13.2. The number of thiazole rings is 1. The minimum atomic E-state index is -0.232. The fourth-order valence-electron chi connectivity index (χ4n) is 2.12. The summed E-state index contributed by atoms with van der Waals surface area (Å²) in [5, 5.41) is 0.680. The van der Waals surface area contributed by atoms with Crippen LogP contribution < -0.4 is 4.80 Å². The summed E-state index contributed by atoms with van der Waals surface area (Å²) in [5.41, 5.74) is 1.61. The van der Waals surface area contributed by atoms with Crippen LogP contribution in [0.25, 0.3) is 10.2 Å². The number of benzene rings is 2. The van der Waals surface area contributed by atoms with E-state index in [1.54, 1.807) is 17.8 Å². The van der Waals surface area contributed by atoms with Crippen molar-refractivity contribution in [2.24, 2.45) is 12.0 Å². The number of aromatic nitrogens is 1. The molecular formula is C16H13ClN2OS2. The number of hydrogen-bond donors (Lipinski definition) is 0. The highest BCUT2D eigenvalue weighted by atomic mass is 35.5. The van der Waals surface area contributed by atoms with Crippen LogP contribution in [-0.2, 0) is 7.05 Å². The van der Waals surface area contributed by atoms with E-state index >= 15 is 0 Å². The first-order chi connectivity index (χ1) is 10.6.